The molecule has 33 heavy (non-hydrogen) atoms. The smallest absolute Gasteiger partial charge is 0.387 e. The Kier molecular flexibility index (Phi) is 5.53. The molecule has 0 unspecified atom stereocenters. The lowest BCUT2D eigenvalue weighted by molar-refractivity contribution is -0.0498. The molecule has 174 valence electrons. The maximum atomic E-state index is 12.9. The van der Waals surface area contributed by atoms with Crippen molar-refractivity contribution in [3.63, 3.8) is 0 Å². The summed E-state index contributed by atoms with van der Waals surface area (Å²) in [7, 11) is -3.76. The molecule has 2 aliphatic rings. The highest BCUT2D eigenvalue weighted by atomic mass is 32.2. The van der Waals surface area contributed by atoms with Crippen LogP contribution in [0.5, 0.6) is 5.75 Å². The molecule has 5 rings (SSSR count). The van der Waals surface area contributed by atoms with Crippen LogP contribution >= 0.6 is 0 Å². The van der Waals surface area contributed by atoms with Crippen molar-refractivity contribution in [3.8, 4) is 5.75 Å². The molecule has 2 heterocycles. The van der Waals surface area contributed by atoms with Gasteiger partial charge in [-0.25, -0.2) is 8.42 Å². The third kappa shape index (κ3) is 4.18. The number of rotatable bonds is 7. The number of piperazine rings is 1. The van der Waals surface area contributed by atoms with E-state index in [4.69, 9.17) is 4.52 Å². The molecular formula is C22H22F2N4O4S. The van der Waals surface area contributed by atoms with Crippen molar-refractivity contribution < 1.29 is 26.5 Å². The SMILES string of the molecule is O=S(=O)(c1ccc(OC(F)F)cc1)N1CCN(c2nc(C3(c4ccccc4)CC3)no2)CC1. The molecule has 2 fully saturated rings. The predicted octanol–water partition coefficient (Wildman–Crippen LogP) is 3.26. The molecule has 1 saturated heterocycles. The molecule has 0 bridgehead atoms. The Morgan fingerprint density at radius 3 is 2.24 bits per heavy atom. The highest BCUT2D eigenvalue weighted by Gasteiger charge is 2.50. The van der Waals surface area contributed by atoms with Crippen LogP contribution in [-0.2, 0) is 15.4 Å². The standard InChI is InChI=1S/C22H22F2N4O4S/c23-20(24)31-17-6-8-18(9-7-17)33(29,30)28-14-12-27(13-15-28)21-25-19(26-32-21)22(10-11-22)16-4-2-1-3-5-16/h1-9,20H,10-15H2. The number of aromatic nitrogens is 2. The second-order valence-electron chi connectivity index (χ2n) is 8.09. The van der Waals surface area contributed by atoms with Gasteiger partial charge < -0.3 is 14.2 Å². The zero-order chi connectivity index (χ0) is 23.1. The minimum absolute atomic E-state index is 0.0242. The van der Waals surface area contributed by atoms with Crippen molar-refractivity contribution in [2.45, 2.75) is 29.8 Å². The van der Waals surface area contributed by atoms with Gasteiger partial charge in [-0.1, -0.05) is 35.5 Å². The zero-order valence-corrected chi connectivity index (χ0v) is 18.4. The van der Waals surface area contributed by atoms with E-state index in [0.717, 1.165) is 12.8 Å². The number of anilines is 1. The Morgan fingerprint density at radius 2 is 1.64 bits per heavy atom. The van der Waals surface area contributed by atoms with Gasteiger partial charge in [0.05, 0.1) is 10.3 Å². The average Bonchev–Trinajstić information content (AvgIpc) is 3.49. The quantitative estimate of drug-likeness (QED) is 0.517. The number of halogens is 2. The summed E-state index contributed by atoms with van der Waals surface area (Å²) in [6.07, 6.45) is 1.92. The van der Waals surface area contributed by atoms with Gasteiger partial charge in [-0.3, -0.25) is 0 Å². The van der Waals surface area contributed by atoms with Gasteiger partial charge in [0.1, 0.15) is 5.75 Å². The lowest BCUT2D eigenvalue weighted by Gasteiger charge is -2.32. The van der Waals surface area contributed by atoms with Crippen LogP contribution in [0.2, 0.25) is 0 Å². The lowest BCUT2D eigenvalue weighted by Crippen LogP contribution is -2.48. The molecule has 0 atom stereocenters. The summed E-state index contributed by atoms with van der Waals surface area (Å²) in [5, 5.41) is 4.22. The van der Waals surface area contributed by atoms with Crippen molar-refractivity contribution in [1.29, 1.82) is 0 Å². The number of sulfonamides is 1. The van der Waals surface area contributed by atoms with Crippen LogP contribution in [0, 0.1) is 0 Å². The summed E-state index contributed by atoms with van der Waals surface area (Å²) >= 11 is 0. The third-order valence-electron chi connectivity index (χ3n) is 6.12. The van der Waals surface area contributed by atoms with Crippen LogP contribution in [-0.4, -0.2) is 55.7 Å². The van der Waals surface area contributed by atoms with Crippen LogP contribution in [0.1, 0.15) is 24.2 Å². The average molecular weight is 477 g/mol. The maximum Gasteiger partial charge on any atom is 0.387 e. The van der Waals surface area contributed by atoms with Gasteiger partial charge in [0, 0.05) is 26.2 Å². The van der Waals surface area contributed by atoms with E-state index in [1.807, 2.05) is 23.1 Å². The number of hydrogen-bond donors (Lipinski definition) is 0. The van der Waals surface area contributed by atoms with Gasteiger partial charge in [0.15, 0.2) is 5.82 Å². The molecular weight excluding hydrogens is 454 g/mol. The Labute approximate surface area is 189 Å². The topological polar surface area (TPSA) is 88.8 Å². The van der Waals surface area contributed by atoms with Crippen molar-refractivity contribution in [1.82, 2.24) is 14.4 Å². The second kappa shape index (κ2) is 8.38. The minimum atomic E-state index is -3.76. The van der Waals surface area contributed by atoms with E-state index >= 15 is 0 Å². The molecule has 0 N–H and O–H groups in total. The second-order valence-corrected chi connectivity index (χ2v) is 10.0. The van der Waals surface area contributed by atoms with E-state index < -0.39 is 16.6 Å². The summed E-state index contributed by atoms with van der Waals surface area (Å²) in [5.74, 6) is 0.565. The number of nitrogens with zero attached hydrogens (tertiary/aromatic N) is 4. The fourth-order valence-corrected chi connectivity index (χ4v) is 5.55. The number of ether oxygens (including phenoxy) is 1. The summed E-state index contributed by atoms with van der Waals surface area (Å²) in [6.45, 7) is -1.70. The first-order valence-electron chi connectivity index (χ1n) is 10.6. The highest BCUT2D eigenvalue weighted by Crippen LogP contribution is 2.52. The van der Waals surface area contributed by atoms with Crippen LogP contribution in [0.4, 0.5) is 14.8 Å². The van der Waals surface area contributed by atoms with E-state index in [1.54, 1.807) is 0 Å². The van der Waals surface area contributed by atoms with Crippen molar-refractivity contribution in [3.05, 3.63) is 66.0 Å². The van der Waals surface area contributed by atoms with Gasteiger partial charge >= 0.3 is 12.6 Å². The Bertz CT molecular complexity index is 1210. The number of benzene rings is 2. The molecule has 1 aliphatic carbocycles. The zero-order valence-electron chi connectivity index (χ0n) is 17.6. The number of hydrogen-bond acceptors (Lipinski definition) is 7. The molecule has 11 heteroatoms. The Morgan fingerprint density at radius 1 is 0.970 bits per heavy atom. The molecule has 2 aromatic carbocycles. The molecule has 0 radical (unpaired) electrons. The monoisotopic (exact) mass is 476 g/mol. The molecule has 0 spiro atoms. The van der Waals surface area contributed by atoms with Crippen LogP contribution in [0.15, 0.2) is 64.0 Å². The highest BCUT2D eigenvalue weighted by molar-refractivity contribution is 7.89. The fourth-order valence-electron chi connectivity index (χ4n) is 4.12. The normalized spacial score (nSPS) is 18.5. The van der Waals surface area contributed by atoms with Gasteiger partial charge in [0.25, 0.3) is 0 Å². The van der Waals surface area contributed by atoms with Crippen molar-refractivity contribution >= 4 is 16.0 Å². The third-order valence-corrected chi connectivity index (χ3v) is 8.03. The van der Waals surface area contributed by atoms with E-state index in [-0.39, 0.29) is 29.1 Å². The van der Waals surface area contributed by atoms with Crippen molar-refractivity contribution in [2.75, 3.05) is 31.1 Å². The van der Waals surface area contributed by atoms with Gasteiger partial charge in [0.2, 0.25) is 10.0 Å². The first kappa shape index (κ1) is 21.8. The summed E-state index contributed by atoms with van der Waals surface area (Å²) in [6, 6.07) is 15.5. The van der Waals surface area contributed by atoms with Gasteiger partial charge in [-0.05, 0) is 42.7 Å². The van der Waals surface area contributed by atoms with Crippen LogP contribution in [0.3, 0.4) is 0 Å². The van der Waals surface area contributed by atoms with E-state index in [1.165, 1.54) is 34.1 Å². The molecule has 0 amide bonds. The fraction of sp³-hybridized carbons (Fsp3) is 0.364. The molecule has 8 nitrogen and oxygen atoms in total. The summed E-state index contributed by atoms with van der Waals surface area (Å²) in [5.41, 5.74) is 0.965. The Hall–Kier alpha value is -3.05. The molecule has 1 aromatic heterocycles. The molecule has 3 aromatic rings. The minimum Gasteiger partial charge on any atom is -0.435 e. The van der Waals surface area contributed by atoms with Crippen LogP contribution in [0.25, 0.3) is 0 Å². The van der Waals surface area contributed by atoms with Crippen LogP contribution < -0.4 is 9.64 Å². The Balaban J connectivity index is 1.24. The van der Waals surface area contributed by atoms with E-state index in [9.17, 15) is 17.2 Å². The van der Waals surface area contributed by atoms with Gasteiger partial charge in [-0.15, -0.1) is 0 Å². The first-order valence-corrected chi connectivity index (χ1v) is 12.0. The maximum absolute atomic E-state index is 12.9. The van der Waals surface area contributed by atoms with E-state index in [2.05, 4.69) is 27.0 Å². The lowest BCUT2D eigenvalue weighted by atomic mass is 9.95. The van der Waals surface area contributed by atoms with Gasteiger partial charge in [-0.2, -0.15) is 18.1 Å². The van der Waals surface area contributed by atoms with Crippen molar-refractivity contribution in [2.24, 2.45) is 0 Å². The summed E-state index contributed by atoms with van der Waals surface area (Å²) < 4.78 is 61.6. The number of alkyl halides is 2. The predicted molar refractivity (Wildman–Crippen MR) is 115 cm³/mol. The molecule has 1 aliphatic heterocycles. The largest absolute Gasteiger partial charge is 0.435 e. The first-order chi connectivity index (χ1) is 15.9. The summed E-state index contributed by atoms with van der Waals surface area (Å²) in [4.78, 5) is 6.53. The molecule has 1 saturated carbocycles. The van der Waals surface area contributed by atoms with E-state index in [0.29, 0.717) is 24.9 Å².